The molecule has 1 saturated carbocycles. The minimum absolute atomic E-state index is 0.0129. The molecule has 0 aromatic heterocycles. The number of likely N-dealkylation sites (tertiary alicyclic amines) is 1. The molecule has 0 bridgehead atoms. The summed E-state index contributed by atoms with van der Waals surface area (Å²) < 4.78 is 10.4. The van der Waals surface area contributed by atoms with Crippen LogP contribution >= 0.6 is 0 Å². The number of hydrogen-bond acceptors (Lipinski definition) is 6. The summed E-state index contributed by atoms with van der Waals surface area (Å²) >= 11 is 0. The Morgan fingerprint density at radius 1 is 1.06 bits per heavy atom. The molecule has 9 nitrogen and oxygen atoms in total. The lowest BCUT2D eigenvalue weighted by atomic mass is 9.75. The van der Waals surface area contributed by atoms with Gasteiger partial charge < -0.3 is 19.3 Å². The molecule has 4 rings (SSSR count). The molecule has 0 unspecified atom stereocenters. The minimum Gasteiger partial charge on any atom is -0.497 e. The van der Waals surface area contributed by atoms with E-state index in [2.05, 4.69) is 0 Å². The lowest BCUT2D eigenvalue weighted by molar-refractivity contribution is -0.149. The molecule has 1 aliphatic carbocycles. The molecule has 2 aliphatic heterocycles. The van der Waals surface area contributed by atoms with Crippen LogP contribution in [0.2, 0.25) is 0 Å². The van der Waals surface area contributed by atoms with Gasteiger partial charge in [0.05, 0.1) is 32.2 Å². The fourth-order valence-corrected chi connectivity index (χ4v) is 5.64. The van der Waals surface area contributed by atoms with Crippen molar-refractivity contribution in [1.29, 1.82) is 0 Å². The number of nitrogens with zero attached hydrogens (tertiary/aromatic N) is 3. The second kappa shape index (κ2) is 10.8. The third-order valence-electron chi connectivity index (χ3n) is 7.63. The van der Waals surface area contributed by atoms with Gasteiger partial charge in [-0.2, -0.15) is 0 Å². The Kier molecular flexibility index (Phi) is 7.74. The smallest absolute Gasteiger partial charge is 0.242 e. The van der Waals surface area contributed by atoms with Crippen LogP contribution in [0, 0.1) is 0 Å². The van der Waals surface area contributed by atoms with Crippen LogP contribution in [-0.4, -0.2) is 91.4 Å². The van der Waals surface area contributed by atoms with Gasteiger partial charge in [0.15, 0.2) is 0 Å². The normalized spacial score (nSPS) is 23.8. The maximum absolute atomic E-state index is 13.6. The zero-order valence-electron chi connectivity index (χ0n) is 20.7. The molecule has 0 N–H and O–H groups in total. The molecule has 4 amide bonds. The first-order valence-corrected chi connectivity index (χ1v) is 12.4. The molecule has 3 aliphatic rings. The molecular formula is C26H35N3O6. The van der Waals surface area contributed by atoms with Crippen molar-refractivity contribution >= 4 is 23.6 Å². The Hall–Kier alpha value is -2.94. The van der Waals surface area contributed by atoms with E-state index in [1.54, 1.807) is 29.2 Å². The lowest BCUT2D eigenvalue weighted by Gasteiger charge is -2.41. The van der Waals surface area contributed by atoms with Crippen LogP contribution in [0.3, 0.4) is 0 Å². The van der Waals surface area contributed by atoms with Crippen molar-refractivity contribution in [2.45, 2.75) is 56.4 Å². The van der Waals surface area contributed by atoms with Crippen LogP contribution in [0.15, 0.2) is 24.3 Å². The highest BCUT2D eigenvalue weighted by atomic mass is 16.5. The van der Waals surface area contributed by atoms with E-state index in [-0.39, 0.29) is 56.3 Å². The first-order valence-electron chi connectivity index (χ1n) is 12.4. The van der Waals surface area contributed by atoms with E-state index in [1.807, 2.05) is 4.90 Å². The highest BCUT2D eigenvalue weighted by Gasteiger charge is 2.54. The van der Waals surface area contributed by atoms with Gasteiger partial charge in [-0.1, -0.05) is 31.4 Å². The van der Waals surface area contributed by atoms with Crippen LogP contribution in [0.4, 0.5) is 0 Å². The van der Waals surface area contributed by atoms with Gasteiger partial charge >= 0.3 is 0 Å². The van der Waals surface area contributed by atoms with E-state index in [9.17, 15) is 19.2 Å². The number of hydrogen-bond donors (Lipinski definition) is 0. The molecule has 190 valence electrons. The fraction of sp³-hybridized carbons (Fsp3) is 0.615. The second-order valence-corrected chi connectivity index (χ2v) is 9.71. The predicted molar refractivity (Wildman–Crippen MR) is 128 cm³/mol. The molecule has 3 fully saturated rings. The number of carbonyl (C=O) groups is 4. The quantitative estimate of drug-likeness (QED) is 0.521. The second-order valence-electron chi connectivity index (χ2n) is 9.71. The summed E-state index contributed by atoms with van der Waals surface area (Å²) in [7, 11) is 3.04. The molecule has 1 aromatic rings. The molecule has 35 heavy (non-hydrogen) atoms. The average Bonchev–Trinajstić information content (AvgIpc) is 3.12. The summed E-state index contributed by atoms with van der Waals surface area (Å²) in [4.78, 5) is 57.6. The van der Waals surface area contributed by atoms with Crippen LogP contribution in [0.5, 0.6) is 5.75 Å². The number of benzene rings is 1. The molecule has 9 heteroatoms. The summed E-state index contributed by atoms with van der Waals surface area (Å²) in [5.74, 6) is -0.531. The molecule has 0 radical (unpaired) electrons. The number of ether oxygens (including phenoxy) is 2. The molecule has 1 aromatic carbocycles. The zero-order chi connectivity index (χ0) is 25.0. The Labute approximate surface area is 206 Å². The van der Waals surface area contributed by atoms with E-state index in [1.165, 1.54) is 25.5 Å². The van der Waals surface area contributed by atoms with E-state index in [4.69, 9.17) is 9.47 Å². The monoisotopic (exact) mass is 485 g/mol. The number of methoxy groups -OCH3 is 2. The Morgan fingerprint density at radius 2 is 1.83 bits per heavy atom. The summed E-state index contributed by atoms with van der Waals surface area (Å²) in [6.07, 6.45) is 5.24. The highest BCUT2D eigenvalue weighted by Crippen LogP contribution is 2.41. The van der Waals surface area contributed by atoms with E-state index < -0.39 is 11.3 Å². The number of rotatable bonds is 8. The van der Waals surface area contributed by atoms with E-state index in [0.29, 0.717) is 24.4 Å². The SMILES string of the molecule is COCCN1C(=O)C[C@@](CC(=O)N2CCN(C3CCCCC3)C(=O)C2)(c2cccc(OC)c2)C1=O. The van der Waals surface area contributed by atoms with Crippen molar-refractivity contribution in [3.8, 4) is 5.75 Å². The molecule has 2 heterocycles. The summed E-state index contributed by atoms with van der Waals surface area (Å²) in [6, 6.07) is 7.24. The number of imide groups is 1. The van der Waals surface area contributed by atoms with Crippen LogP contribution in [0.25, 0.3) is 0 Å². The molecular weight excluding hydrogens is 450 g/mol. The highest BCUT2D eigenvalue weighted by molar-refractivity contribution is 6.11. The van der Waals surface area contributed by atoms with Gasteiger partial charge in [-0.15, -0.1) is 0 Å². The topological polar surface area (TPSA) is 96.5 Å². The largest absolute Gasteiger partial charge is 0.497 e. The Balaban J connectivity index is 1.55. The lowest BCUT2D eigenvalue weighted by Crippen LogP contribution is -2.56. The van der Waals surface area contributed by atoms with Crippen LogP contribution in [-0.2, 0) is 29.3 Å². The van der Waals surface area contributed by atoms with Gasteiger partial charge in [-0.3, -0.25) is 24.1 Å². The van der Waals surface area contributed by atoms with Crippen molar-refractivity contribution in [2.24, 2.45) is 0 Å². The number of carbonyl (C=O) groups excluding carboxylic acids is 4. The van der Waals surface area contributed by atoms with Gasteiger partial charge in [0.25, 0.3) is 0 Å². The first kappa shape index (κ1) is 25.2. The fourth-order valence-electron chi connectivity index (χ4n) is 5.64. The maximum atomic E-state index is 13.6. The third kappa shape index (κ3) is 5.05. The summed E-state index contributed by atoms with van der Waals surface area (Å²) in [5, 5.41) is 0. The Morgan fingerprint density at radius 3 is 2.51 bits per heavy atom. The van der Waals surface area contributed by atoms with Crippen molar-refractivity contribution in [3.05, 3.63) is 29.8 Å². The summed E-state index contributed by atoms with van der Waals surface area (Å²) in [5.41, 5.74) is -0.768. The van der Waals surface area contributed by atoms with Gasteiger partial charge in [0, 0.05) is 39.1 Å². The van der Waals surface area contributed by atoms with E-state index in [0.717, 1.165) is 25.7 Å². The van der Waals surface area contributed by atoms with Gasteiger partial charge in [0.1, 0.15) is 5.75 Å². The molecule has 1 atom stereocenters. The minimum atomic E-state index is -1.33. The van der Waals surface area contributed by atoms with Gasteiger partial charge in [-0.25, -0.2) is 0 Å². The van der Waals surface area contributed by atoms with Crippen molar-refractivity contribution in [3.63, 3.8) is 0 Å². The maximum Gasteiger partial charge on any atom is 0.242 e. The van der Waals surface area contributed by atoms with Crippen molar-refractivity contribution < 1.29 is 28.7 Å². The first-order chi connectivity index (χ1) is 16.9. The third-order valence-corrected chi connectivity index (χ3v) is 7.63. The average molecular weight is 486 g/mol. The van der Waals surface area contributed by atoms with Crippen LogP contribution < -0.4 is 4.74 Å². The number of piperazine rings is 1. The molecule has 2 saturated heterocycles. The van der Waals surface area contributed by atoms with Crippen molar-refractivity contribution in [1.82, 2.24) is 14.7 Å². The zero-order valence-corrected chi connectivity index (χ0v) is 20.7. The Bertz CT molecular complexity index is 976. The van der Waals surface area contributed by atoms with Gasteiger partial charge in [-0.05, 0) is 30.5 Å². The standard InChI is InChI=1S/C26H35N3O6/c1-34-14-13-29-23(31)17-26(25(29)33,19-7-6-10-21(15-19)35-2)16-22(30)27-11-12-28(24(32)18-27)20-8-4-3-5-9-20/h6-7,10,15,20H,3-5,8-9,11-14,16-18H2,1-2H3/t26-/m0/s1. The number of amides is 4. The molecule has 0 spiro atoms. The van der Waals surface area contributed by atoms with Crippen molar-refractivity contribution in [2.75, 3.05) is 47.0 Å². The predicted octanol–water partition coefficient (Wildman–Crippen LogP) is 1.73. The van der Waals surface area contributed by atoms with Gasteiger partial charge in [0.2, 0.25) is 23.6 Å². The van der Waals surface area contributed by atoms with E-state index >= 15 is 0 Å². The summed E-state index contributed by atoms with van der Waals surface area (Å²) in [6.45, 7) is 1.31. The van der Waals surface area contributed by atoms with Crippen LogP contribution in [0.1, 0.15) is 50.5 Å².